The van der Waals surface area contributed by atoms with Gasteiger partial charge in [-0.3, -0.25) is 4.68 Å². The first kappa shape index (κ1) is 14.0. The lowest BCUT2D eigenvalue weighted by Crippen LogP contribution is -2.28. The Kier molecular flexibility index (Phi) is 4.97. The molecule has 0 saturated heterocycles. The molecule has 0 fully saturated rings. The molecule has 9 heteroatoms. The molecule has 1 aromatic heterocycles. The first-order chi connectivity index (χ1) is 7.95. The van der Waals surface area contributed by atoms with Crippen molar-refractivity contribution in [1.82, 2.24) is 19.8 Å². The molecule has 2 N–H and O–H groups in total. The number of alkyl halides is 2. The van der Waals surface area contributed by atoms with Crippen LogP contribution >= 0.6 is 0 Å². The fourth-order valence-electron chi connectivity index (χ4n) is 1.09. The Morgan fingerprint density at radius 1 is 1.53 bits per heavy atom. The lowest BCUT2D eigenvalue weighted by atomic mass is 10.6. The van der Waals surface area contributed by atoms with Crippen molar-refractivity contribution in [2.75, 3.05) is 20.1 Å². The summed E-state index contributed by atoms with van der Waals surface area (Å²) in [5, 5.41) is 6.70. The second-order valence-electron chi connectivity index (χ2n) is 3.29. The summed E-state index contributed by atoms with van der Waals surface area (Å²) in [6, 6.07) is 0. The van der Waals surface area contributed by atoms with Gasteiger partial charge in [-0.25, -0.2) is 21.9 Å². The SMILES string of the molecule is CNCCn1cc(S(=O)(=O)NCC(F)F)cn1. The van der Waals surface area contributed by atoms with Crippen LogP contribution < -0.4 is 10.0 Å². The second-order valence-corrected chi connectivity index (χ2v) is 5.05. The van der Waals surface area contributed by atoms with Gasteiger partial charge >= 0.3 is 0 Å². The smallest absolute Gasteiger partial charge is 0.251 e. The maximum atomic E-state index is 11.9. The van der Waals surface area contributed by atoms with E-state index in [1.807, 2.05) is 0 Å². The monoisotopic (exact) mass is 268 g/mol. The van der Waals surface area contributed by atoms with Crippen LogP contribution in [0.15, 0.2) is 17.3 Å². The normalized spacial score (nSPS) is 12.2. The highest BCUT2D eigenvalue weighted by Gasteiger charge is 2.17. The van der Waals surface area contributed by atoms with Crippen LogP contribution in [0, 0.1) is 0 Å². The van der Waals surface area contributed by atoms with Crippen LogP contribution in [0.4, 0.5) is 8.78 Å². The number of nitrogens with one attached hydrogen (secondary N) is 2. The highest BCUT2D eigenvalue weighted by molar-refractivity contribution is 7.89. The van der Waals surface area contributed by atoms with Gasteiger partial charge in [-0.15, -0.1) is 0 Å². The van der Waals surface area contributed by atoms with Crippen LogP contribution in [0.1, 0.15) is 0 Å². The van der Waals surface area contributed by atoms with Crippen molar-refractivity contribution in [1.29, 1.82) is 0 Å². The van der Waals surface area contributed by atoms with Gasteiger partial charge in [0.15, 0.2) is 0 Å². The number of nitrogens with zero attached hydrogens (tertiary/aromatic N) is 2. The Hall–Kier alpha value is -1.06. The van der Waals surface area contributed by atoms with E-state index in [2.05, 4.69) is 10.4 Å². The molecule has 6 nitrogen and oxygen atoms in total. The highest BCUT2D eigenvalue weighted by Crippen LogP contribution is 2.07. The van der Waals surface area contributed by atoms with Gasteiger partial charge in [0.2, 0.25) is 10.0 Å². The largest absolute Gasteiger partial charge is 0.318 e. The molecule has 0 atom stereocenters. The number of hydrogen-bond acceptors (Lipinski definition) is 4. The topological polar surface area (TPSA) is 76.0 Å². The van der Waals surface area contributed by atoms with E-state index in [4.69, 9.17) is 0 Å². The third-order valence-electron chi connectivity index (χ3n) is 1.94. The first-order valence-corrected chi connectivity index (χ1v) is 6.39. The first-order valence-electron chi connectivity index (χ1n) is 4.90. The minimum atomic E-state index is -3.89. The maximum absolute atomic E-state index is 11.9. The second kappa shape index (κ2) is 6.03. The highest BCUT2D eigenvalue weighted by atomic mass is 32.2. The van der Waals surface area contributed by atoms with E-state index in [0.29, 0.717) is 13.1 Å². The van der Waals surface area contributed by atoms with Gasteiger partial charge in [0.05, 0.1) is 19.3 Å². The molecule has 0 saturated carbocycles. The zero-order valence-electron chi connectivity index (χ0n) is 9.23. The third-order valence-corrected chi connectivity index (χ3v) is 3.32. The van der Waals surface area contributed by atoms with Crippen molar-refractivity contribution in [3.05, 3.63) is 12.4 Å². The Balaban J connectivity index is 2.68. The van der Waals surface area contributed by atoms with E-state index in [0.717, 1.165) is 6.20 Å². The standard InChI is InChI=1S/C8H14F2N4O2S/c1-11-2-3-14-6-7(4-12-14)17(15,16)13-5-8(9)10/h4,6,8,11,13H,2-3,5H2,1H3. The van der Waals surface area contributed by atoms with Crippen molar-refractivity contribution in [3.8, 4) is 0 Å². The van der Waals surface area contributed by atoms with Crippen LogP contribution in [0.5, 0.6) is 0 Å². The molecule has 17 heavy (non-hydrogen) atoms. The lowest BCUT2D eigenvalue weighted by molar-refractivity contribution is 0.153. The average molecular weight is 268 g/mol. The van der Waals surface area contributed by atoms with Gasteiger partial charge in [0.1, 0.15) is 4.90 Å². The van der Waals surface area contributed by atoms with Crippen LogP contribution in [0.2, 0.25) is 0 Å². The Morgan fingerprint density at radius 3 is 2.82 bits per heavy atom. The molecule has 0 aromatic carbocycles. The molecular weight excluding hydrogens is 254 g/mol. The van der Waals surface area contributed by atoms with Crippen molar-refractivity contribution in [2.24, 2.45) is 0 Å². The van der Waals surface area contributed by atoms with E-state index in [1.54, 1.807) is 11.8 Å². The Labute approximate surface area is 98.1 Å². The molecule has 0 amide bonds. The molecule has 0 aliphatic rings. The number of sulfonamides is 1. The zero-order chi connectivity index (χ0) is 12.9. The fourth-order valence-corrected chi connectivity index (χ4v) is 2.05. The van der Waals surface area contributed by atoms with Crippen molar-refractivity contribution < 1.29 is 17.2 Å². The molecule has 1 rings (SSSR count). The molecule has 98 valence electrons. The number of halogens is 2. The summed E-state index contributed by atoms with van der Waals surface area (Å²) in [5.74, 6) is 0. The molecule has 0 aliphatic heterocycles. The fraction of sp³-hybridized carbons (Fsp3) is 0.625. The van der Waals surface area contributed by atoms with E-state index in [1.165, 1.54) is 10.9 Å². The summed E-state index contributed by atoms with van der Waals surface area (Å²) in [4.78, 5) is -0.116. The Bertz CT molecular complexity index is 446. The van der Waals surface area contributed by atoms with Gasteiger partial charge < -0.3 is 5.32 Å². The minimum absolute atomic E-state index is 0.116. The lowest BCUT2D eigenvalue weighted by Gasteiger charge is -2.03. The summed E-state index contributed by atoms with van der Waals surface area (Å²) < 4.78 is 50.0. The zero-order valence-corrected chi connectivity index (χ0v) is 10.0. The number of likely N-dealkylation sites (N-methyl/N-ethyl adjacent to an activating group) is 1. The molecule has 0 spiro atoms. The molecule has 1 heterocycles. The molecule has 0 unspecified atom stereocenters. The van der Waals surface area contributed by atoms with Gasteiger partial charge in [-0.2, -0.15) is 5.10 Å². The van der Waals surface area contributed by atoms with Crippen LogP contribution in [0.25, 0.3) is 0 Å². The maximum Gasteiger partial charge on any atom is 0.251 e. The number of hydrogen-bond donors (Lipinski definition) is 2. The van der Waals surface area contributed by atoms with Gasteiger partial charge in [-0.05, 0) is 7.05 Å². The third kappa shape index (κ3) is 4.36. The molecule has 0 aliphatic carbocycles. The van der Waals surface area contributed by atoms with E-state index >= 15 is 0 Å². The predicted molar refractivity (Wildman–Crippen MR) is 57.3 cm³/mol. The Morgan fingerprint density at radius 2 is 2.24 bits per heavy atom. The summed E-state index contributed by atoms with van der Waals surface area (Å²) in [6.45, 7) is 0.233. The number of aromatic nitrogens is 2. The van der Waals surface area contributed by atoms with Crippen molar-refractivity contribution in [3.63, 3.8) is 0 Å². The van der Waals surface area contributed by atoms with Crippen LogP contribution in [0.3, 0.4) is 0 Å². The number of rotatable bonds is 7. The van der Waals surface area contributed by atoms with E-state index < -0.39 is 23.0 Å². The van der Waals surface area contributed by atoms with Gasteiger partial charge in [-0.1, -0.05) is 0 Å². The van der Waals surface area contributed by atoms with Crippen LogP contribution in [-0.4, -0.2) is 44.8 Å². The van der Waals surface area contributed by atoms with E-state index in [-0.39, 0.29) is 4.90 Å². The molecular formula is C8H14F2N4O2S. The minimum Gasteiger partial charge on any atom is -0.318 e. The van der Waals surface area contributed by atoms with Crippen molar-refractivity contribution in [2.45, 2.75) is 17.9 Å². The average Bonchev–Trinajstić information content (AvgIpc) is 2.73. The van der Waals surface area contributed by atoms with Gasteiger partial charge in [0, 0.05) is 12.7 Å². The van der Waals surface area contributed by atoms with Crippen molar-refractivity contribution >= 4 is 10.0 Å². The van der Waals surface area contributed by atoms with E-state index in [9.17, 15) is 17.2 Å². The van der Waals surface area contributed by atoms with Crippen LogP contribution in [-0.2, 0) is 16.6 Å². The molecule has 1 aromatic rings. The van der Waals surface area contributed by atoms with Gasteiger partial charge in [0.25, 0.3) is 6.43 Å². The summed E-state index contributed by atoms with van der Waals surface area (Å²) in [5.41, 5.74) is 0. The summed E-state index contributed by atoms with van der Waals surface area (Å²) in [6.07, 6.45) is -0.293. The predicted octanol–water partition coefficient (Wildman–Crippen LogP) is -0.354. The molecule has 0 bridgehead atoms. The quantitative estimate of drug-likeness (QED) is 0.708. The summed E-state index contributed by atoms with van der Waals surface area (Å²) >= 11 is 0. The summed E-state index contributed by atoms with van der Waals surface area (Å²) in [7, 11) is -2.14. The molecule has 0 radical (unpaired) electrons.